The first-order chi connectivity index (χ1) is 8.63. The molecule has 0 heterocycles. The Morgan fingerprint density at radius 1 is 1.26 bits per heavy atom. The van der Waals surface area contributed by atoms with Crippen molar-refractivity contribution in [1.29, 1.82) is 0 Å². The summed E-state index contributed by atoms with van der Waals surface area (Å²) in [5.74, 6) is 0.493. The van der Waals surface area contributed by atoms with Crippen LogP contribution in [0.25, 0.3) is 0 Å². The summed E-state index contributed by atoms with van der Waals surface area (Å²) in [4.78, 5) is 0. The van der Waals surface area contributed by atoms with E-state index in [0.717, 1.165) is 7.14 Å². The van der Waals surface area contributed by atoms with Crippen LogP contribution in [0.5, 0.6) is 5.75 Å². The van der Waals surface area contributed by atoms with Gasteiger partial charge in [0.2, 0.25) is 0 Å². The Morgan fingerprint density at radius 3 is 2.42 bits per heavy atom. The molecule has 1 aromatic rings. The van der Waals surface area contributed by atoms with Crippen LogP contribution >= 0.6 is 45.2 Å². The molecule has 1 N–H and O–H groups in total. The summed E-state index contributed by atoms with van der Waals surface area (Å²) in [5.41, 5.74) is -5.30. The fourth-order valence-corrected chi connectivity index (χ4v) is 3.28. The lowest BCUT2D eigenvalue weighted by Crippen LogP contribution is -2.38. The first-order valence-electron chi connectivity index (χ1n) is 4.77. The number of benzene rings is 1. The summed E-state index contributed by atoms with van der Waals surface area (Å²) < 4.78 is 65.8. The Balaban J connectivity index is 2.48. The predicted octanol–water partition coefficient (Wildman–Crippen LogP) is 2.71. The molecule has 108 valence electrons. The second-order valence-electron chi connectivity index (χ2n) is 3.27. The van der Waals surface area contributed by atoms with E-state index in [-0.39, 0.29) is 6.61 Å². The Morgan fingerprint density at radius 2 is 1.89 bits per heavy atom. The minimum atomic E-state index is -5.30. The zero-order valence-electron chi connectivity index (χ0n) is 9.17. The van der Waals surface area contributed by atoms with Gasteiger partial charge in [0.15, 0.2) is 0 Å². The van der Waals surface area contributed by atoms with Crippen LogP contribution in [0.4, 0.5) is 13.2 Å². The molecule has 0 fully saturated rings. The van der Waals surface area contributed by atoms with Crippen molar-refractivity contribution < 1.29 is 26.3 Å². The standard InChI is InChI=1S/C9H8F3I2NO3S/c10-9(11,12)19(16,17)15-3-4-18-8-2-1-6(13)5-7(8)14/h1-2,5,15H,3-4H2. The summed E-state index contributed by atoms with van der Waals surface area (Å²) in [6.07, 6.45) is 0. The molecule has 0 atom stereocenters. The van der Waals surface area contributed by atoms with E-state index in [4.69, 9.17) is 4.74 Å². The number of sulfonamides is 1. The summed E-state index contributed by atoms with van der Waals surface area (Å²) in [6, 6.07) is 5.27. The monoisotopic (exact) mass is 521 g/mol. The van der Waals surface area contributed by atoms with Crippen molar-refractivity contribution in [2.24, 2.45) is 0 Å². The predicted molar refractivity (Wildman–Crippen MR) is 80.3 cm³/mol. The molecule has 19 heavy (non-hydrogen) atoms. The van der Waals surface area contributed by atoms with Crippen LogP contribution in [0.2, 0.25) is 0 Å². The molecule has 0 radical (unpaired) electrons. The van der Waals surface area contributed by atoms with Gasteiger partial charge in [-0.05, 0) is 63.4 Å². The Kier molecular flexibility index (Phi) is 6.13. The van der Waals surface area contributed by atoms with Gasteiger partial charge >= 0.3 is 15.5 Å². The van der Waals surface area contributed by atoms with Crippen molar-refractivity contribution in [3.63, 3.8) is 0 Å². The van der Waals surface area contributed by atoms with E-state index >= 15 is 0 Å². The number of hydrogen-bond donors (Lipinski definition) is 1. The normalized spacial score (nSPS) is 12.5. The molecule has 0 saturated heterocycles. The highest BCUT2D eigenvalue weighted by Crippen LogP contribution is 2.23. The van der Waals surface area contributed by atoms with E-state index in [1.807, 2.05) is 28.7 Å². The molecule has 0 bridgehead atoms. The fourth-order valence-electron chi connectivity index (χ4n) is 1.01. The first-order valence-corrected chi connectivity index (χ1v) is 8.41. The maximum Gasteiger partial charge on any atom is 0.511 e. The number of hydrogen-bond acceptors (Lipinski definition) is 3. The van der Waals surface area contributed by atoms with Crippen LogP contribution in [-0.2, 0) is 10.0 Å². The highest BCUT2D eigenvalue weighted by Gasteiger charge is 2.45. The third-order valence-electron chi connectivity index (χ3n) is 1.85. The molecule has 0 aliphatic rings. The van der Waals surface area contributed by atoms with Crippen LogP contribution in [0.1, 0.15) is 0 Å². The lowest BCUT2D eigenvalue weighted by Gasteiger charge is -2.11. The average Bonchev–Trinajstić information content (AvgIpc) is 2.25. The first kappa shape index (κ1) is 17.2. The summed E-state index contributed by atoms with van der Waals surface area (Å²) in [5, 5.41) is 0. The number of rotatable bonds is 5. The van der Waals surface area contributed by atoms with Crippen LogP contribution < -0.4 is 9.46 Å². The molecule has 0 saturated carbocycles. The zero-order chi connectivity index (χ0) is 14.7. The van der Waals surface area contributed by atoms with E-state index in [2.05, 4.69) is 22.6 Å². The molecule has 1 aromatic carbocycles. The lowest BCUT2D eigenvalue weighted by atomic mass is 10.3. The molecule has 0 aliphatic carbocycles. The van der Waals surface area contributed by atoms with Gasteiger partial charge in [-0.1, -0.05) is 0 Å². The van der Waals surface area contributed by atoms with Crippen molar-refractivity contribution in [1.82, 2.24) is 4.72 Å². The maximum atomic E-state index is 12.0. The molecular weight excluding hydrogens is 513 g/mol. The Bertz CT molecular complexity index is 548. The van der Waals surface area contributed by atoms with Crippen LogP contribution in [0, 0.1) is 7.14 Å². The van der Waals surface area contributed by atoms with E-state index in [1.54, 1.807) is 12.1 Å². The largest absolute Gasteiger partial charge is 0.511 e. The van der Waals surface area contributed by atoms with Crippen LogP contribution in [-0.4, -0.2) is 27.1 Å². The van der Waals surface area contributed by atoms with E-state index < -0.39 is 22.1 Å². The fraction of sp³-hybridized carbons (Fsp3) is 0.333. The maximum absolute atomic E-state index is 12.0. The summed E-state index contributed by atoms with van der Waals surface area (Å²) in [6.45, 7) is -0.643. The third kappa shape index (κ3) is 5.23. The second-order valence-corrected chi connectivity index (χ2v) is 7.43. The van der Waals surface area contributed by atoms with Gasteiger partial charge in [0.05, 0.1) is 3.57 Å². The smallest absolute Gasteiger partial charge is 0.491 e. The quantitative estimate of drug-likeness (QED) is 0.480. The van der Waals surface area contributed by atoms with Crippen LogP contribution in [0.3, 0.4) is 0 Å². The molecular formula is C9H8F3I2NO3S. The summed E-state index contributed by atoms with van der Waals surface area (Å²) >= 11 is 4.13. The minimum absolute atomic E-state index is 0.189. The highest BCUT2D eigenvalue weighted by atomic mass is 127. The molecule has 10 heteroatoms. The number of ether oxygens (including phenoxy) is 1. The molecule has 1 rings (SSSR count). The van der Waals surface area contributed by atoms with Crippen molar-refractivity contribution in [2.75, 3.05) is 13.2 Å². The molecule has 0 amide bonds. The molecule has 0 aromatic heterocycles. The number of alkyl halides is 3. The molecule has 0 spiro atoms. The topological polar surface area (TPSA) is 55.4 Å². The van der Waals surface area contributed by atoms with Gasteiger partial charge in [0.25, 0.3) is 0 Å². The summed E-state index contributed by atoms with van der Waals surface area (Å²) in [7, 11) is -5.30. The van der Waals surface area contributed by atoms with Gasteiger partial charge in [-0.2, -0.15) is 13.2 Å². The molecule has 0 unspecified atom stereocenters. The minimum Gasteiger partial charge on any atom is -0.491 e. The second kappa shape index (κ2) is 6.76. The Labute approximate surface area is 135 Å². The van der Waals surface area contributed by atoms with Gasteiger partial charge < -0.3 is 4.74 Å². The van der Waals surface area contributed by atoms with Crippen molar-refractivity contribution in [2.45, 2.75) is 5.51 Å². The third-order valence-corrected chi connectivity index (χ3v) is 4.56. The number of halogens is 5. The van der Waals surface area contributed by atoms with Crippen molar-refractivity contribution >= 4 is 55.2 Å². The van der Waals surface area contributed by atoms with Crippen LogP contribution in [0.15, 0.2) is 18.2 Å². The van der Waals surface area contributed by atoms with Gasteiger partial charge in [-0.25, -0.2) is 13.1 Å². The highest BCUT2D eigenvalue weighted by molar-refractivity contribution is 14.1. The number of nitrogens with one attached hydrogen (secondary N) is 1. The SMILES string of the molecule is O=S(=O)(NCCOc1ccc(I)cc1I)C(F)(F)F. The van der Waals surface area contributed by atoms with E-state index in [0.29, 0.717) is 5.75 Å². The Hall–Kier alpha value is 0.180. The van der Waals surface area contributed by atoms with Gasteiger partial charge in [-0.3, -0.25) is 0 Å². The van der Waals surface area contributed by atoms with Crippen molar-refractivity contribution in [3.8, 4) is 5.75 Å². The molecule has 0 aliphatic heterocycles. The van der Waals surface area contributed by atoms with Gasteiger partial charge in [0, 0.05) is 10.1 Å². The van der Waals surface area contributed by atoms with Gasteiger partial charge in [-0.15, -0.1) is 0 Å². The van der Waals surface area contributed by atoms with E-state index in [9.17, 15) is 21.6 Å². The average molecular weight is 521 g/mol. The van der Waals surface area contributed by atoms with E-state index in [1.165, 1.54) is 4.72 Å². The van der Waals surface area contributed by atoms with Crippen molar-refractivity contribution in [3.05, 3.63) is 25.3 Å². The molecule has 4 nitrogen and oxygen atoms in total. The lowest BCUT2D eigenvalue weighted by molar-refractivity contribution is -0.0448. The van der Waals surface area contributed by atoms with Gasteiger partial charge in [0.1, 0.15) is 12.4 Å². The zero-order valence-corrected chi connectivity index (χ0v) is 14.3.